The summed E-state index contributed by atoms with van der Waals surface area (Å²) in [5.41, 5.74) is 0. The number of hydrogen-bond donors (Lipinski definition) is 4. The van der Waals surface area contributed by atoms with Crippen LogP contribution in [-0.2, 0) is 19.2 Å². The maximum absolute atomic E-state index is 11.2. The average Bonchev–Trinajstić information content (AvgIpc) is 2.95. The van der Waals surface area contributed by atoms with E-state index in [0.29, 0.717) is 12.8 Å². The minimum Gasteiger partial charge on any atom is -0.544 e. The van der Waals surface area contributed by atoms with Gasteiger partial charge < -0.3 is 40.2 Å². The third-order valence-electron chi connectivity index (χ3n) is 8.22. The van der Waals surface area contributed by atoms with Crippen molar-refractivity contribution in [1.29, 1.82) is 0 Å². The van der Waals surface area contributed by atoms with Crippen molar-refractivity contribution in [2.24, 2.45) is 0 Å². The normalized spacial score (nSPS) is 16.9. The van der Waals surface area contributed by atoms with Crippen LogP contribution in [0.4, 0.5) is 0 Å². The molecule has 0 bridgehead atoms. The number of hydrogen-bond acceptors (Lipinski definition) is 8. The summed E-state index contributed by atoms with van der Waals surface area (Å²) in [7, 11) is 0. The Morgan fingerprint density at radius 1 is 0.605 bits per heavy atom. The van der Waals surface area contributed by atoms with Crippen LogP contribution in [0.5, 0.6) is 0 Å². The summed E-state index contributed by atoms with van der Waals surface area (Å²) in [4.78, 5) is 44.8. The Kier molecular flexibility index (Phi) is 26.4. The number of nitrogens with zero attached hydrogens (tertiary/aromatic N) is 2. The second kappa shape index (κ2) is 24.7. The number of carboxylic acids is 4. The number of rotatable bonds is 22. The smallest absolute Gasteiger partial charge is 0.544 e. The number of unbranched alkanes of at least 4 members (excludes halogenated alkanes) is 4. The van der Waals surface area contributed by atoms with Crippen LogP contribution < -0.4 is 10.2 Å². The van der Waals surface area contributed by atoms with Gasteiger partial charge in [0.15, 0.2) is 25.5 Å². The predicted molar refractivity (Wildman–Crippen MR) is 160 cm³/mol. The number of carbonyl (C=O) groups excluding carboxylic acids is 2. The van der Waals surface area contributed by atoms with Crippen LogP contribution in [0.15, 0.2) is 24.3 Å². The fourth-order valence-electron chi connectivity index (χ4n) is 4.68. The molecule has 0 aliphatic carbocycles. The first kappa shape index (κ1) is 45.9. The molecule has 0 fully saturated rings. The van der Waals surface area contributed by atoms with Gasteiger partial charge in [-0.1, -0.05) is 63.8 Å². The molecule has 4 N–H and O–H groups in total. The summed E-state index contributed by atoms with van der Waals surface area (Å²) in [6.07, 6.45) is 15.1. The van der Waals surface area contributed by atoms with Crippen LogP contribution >= 0.6 is 0 Å². The van der Waals surface area contributed by atoms with Crippen molar-refractivity contribution >= 4 is 61.6 Å². The number of aliphatic carboxylic acids is 4. The van der Waals surface area contributed by atoms with Crippen molar-refractivity contribution in [3.63, 3.8) is 0 Å². The minimum absolute atomic E-state index is 0. The van der Waals surface area contributed by atoms with Crippen LogP contribution in [-0.4, -0.2) is 142 Å². The van der Waals surface area contributed by atoms with Crippen LogP contribution in [0.2, 0.25) is 0 Å². The molecular weight excluding hydrogens is 588 g/mol. The van der Waals surface area contributed by atoms with E-state index in [1.807, 2.05) is 24.3 Å². The van der Waals surface area contributed by atoms with Gasteiger partial charge in [-0.05, 0) is 40.5 Å². The topological polar surface area (TPSA) is 195 Å². The molecule has 244 valence electrons. The van der Waals surface area contributed by atoms with Crippen LogP contribution in [0.25, 0.3) is 0 Å². The fourth-order valence-corrected chi connectivity index (χ4v) is 4.68. The number of carboxylic acid groups (broad SMARTS) is 4. The number of aliphatic hydroxyl groups excluding tert-OH is 2. The van der Waals surface area contributed by atoms with E-state index < -0.39 is 70.5 Å². The third kappa shape index (κ3) is 15.3. The molecule has 0 saturated heterocycles. The molecular formula is C30H54CaN2O10+2. The van der Waals surface area contributed by atoms with Gasteiger partial charge in [-0.25, -0.2) is 9.59 Å². The second-order valence-electron chi connectivity index (χ2n) is 10.8. The molecule has 6 unspecified atom stereocenters. The maximum atomic E-state index is 11.2. The van der Waals surface area contributed by atoms with Gasteiger partial charge in [0.1, 0.15) is 12.1 Å². The molecule has 0 rings (SSSR count). The summed E-state index contributed by atoms with van der Waals surface area (Å²) in [5.74, 6) is -4.97. The first-order valence-corrected chi connectivity index (χ1v) is 14.8. The standard InChI is InChI=1S/2C15H27NO5.Ca/c2*1-4-5-6-7-8-9-10-16(11-17,12(2)14(18)19)13(3)15(20)21;/h2*7-8,12-13,17H,4-6,9-11H2,1-3H3,(H-,18,19,20,21);/q;;+2/b2*8-7+;. The SMILES string of the molecule is CCCC/C=C/CC[N+](CO)(C(C)C(=O)[O-])C(C)C(=O)O.CCCC/C=C/CC[N+](CO)(C(C)C(=O)[O-])C(C)C(=O)O.[Ca+2]. The van der Waals surface area contributed by atoms with Gasteiger partial charge in [-0.2, -0.15) is 0 Å². The van der Waals surface area contributed by atoms with Crippen LogP contribution in [0.3, 0.4) is 0 Å². The van der Waals surface area contributed by atoms with Crippen LogP contribution in [0.1, 0.15) is 92.9 Å². The van der Waals surface area contributed by atoms with E-state index in [4.69, 9.17) is 0 Å². The Balaban J connectivity index is -0.000000727. The zero-order valence-electron chi connectivity index (χ0n) is 26.9. The summed E-state index contributed by atoms with van der Waals surface area (Å²) in [6.45, 7) is 9.16. The second-order valence-corrected chi connectivity index (χ2v) is 10.8. The van der Waals surface area contributed by atoms with Crippen molar-refractivity contribution < 1.29 is 58.8 Å². The van der Waals surface area contributed by atoms with Crippen molar-refractivity contribution in [3.05, 3.63) is 24.3 Å². The zero-order chi connectivity index (χ0) is 32.9. The molecule has 13 heteroatoms. The number of quaternary nitrogens is 2. The Bertz CT molecular complexity index is 771. The van der Waals surface area contributed by atoms with Gasteiger partial charge in [0, 0.05) is 12.8 Å². The predicted octanol–water partition coefficient (Wildman–Crippen LogP) is 0.621. The average molecular weight is 643 g/mol. The monoisotopic (exact) mass is 642 g/mol. The van der Waals surface area contributed by atoms with Gasteiger partial charge in [0.05, 0.1) is 25.0 Å². The van der Waals surface area contributed by atoms with E-state index in [9.17, 15) is 49.8 Å². The van der Waals surface area contributed by atoms with Crippen molar-refractivity contribution in [3.8, 4) is 0 Å². The van der Waals surface area contributed by atoms with Crippen molar-refractivity contribution in [2.75, 3.05) is 26.6 Å². The van der Waals surface area contributed by atoms with E-state index in [-0.39, 0.29) is 50.8 Å². The number of allylic oxidation sites excluding steroid dienone is 2. The van der Waals surface area contributed by atoms with Gasteiger partial charge >= 0.3 is 49.7 Å². The molecule has 12 nitrogen and oxygen atoms in total. The molecule has 6 atom stereocenters. The number of aliphatic hydroxyl groups is 2. The van der Waals surface area contributed by atoms with Gasteiger partial charge in [0.25, 0.3) is 0 Å². The molecule has 0 aliphatic heterocycles. The molecule has 0 spiro atoms. The van der Waals surface area contributed by atoms with E-state index in [0.717, 1.165) is 38.5 Å². The summed E-state index contributed by atoms with van der Waals surface area (Å²) >= 11 is 0. The van der Waals surface area contributed by atoms with E-state index in [2.05, 4.69) is 13.8 Å². The molecule has 0 saturated carbocycles. The summed E-state index contributed by atoms with van der Waals surface area (Å²) in [6, 6.07) is -4.23. The molecule has 0 aliphatic rings. The molecule has 43 heavy (non-hydrogen) atoms. The fraction of sp³-hybridized carbons (Fsp3) is 0.733. The van der Waals surface area contributed by atoms with Crippen molar-refractivity contribution in [1.82, 2.24) is 0 Å². The largest absolute Gasteiger partial charge is 2.00 e. The Morgan fingerprint density at radius 3 is 1.09 bits per heavy atom. The quantitative estimate of drug-likeness (QED) is 0.0427. The summed E-state index contributed by atoms with van der Waals surface area (Å²) in [5, 5.41) is 60.0. The van der Waals surface area contributed by atoms with Crippen molar-refractivity contribution in [2.45, 2.75) is 117 Å². The minimum atomic E-state index is -1.35. The first-order valence-electron chi connectivity index (χ1n) is 14.8. The van der Waals surface area contributed by atoms with Gasteiger partial charge in [0.2, 0.25) is 0 Å². The van der Waals surface area contributed by atoms with E-state index >= 15 is 0 Å². The Hall–Kier alpha value is -1.54. The molecule has 0 heterocycles. The molecule has 0 aromatic heterocycles. The van der Waals surface area contributed by atoms with Crippen LogP contribution in [0, 0.1) is 0 Å². The third-order valence-corrected chi connectivity index (χ3v) is 8.22. The zero-order valence-corrected chi connectivity index (χ0v) is 29.2. The molecule has 0 amide bonds. The molecule has 0 radical (unpaired) electrons. The number of carbonyl (C=O) groups is 4. The Morgan fingerprint density at radius 2 is 0.884 bits per heavy atom. The first-order chi connectivity index (χ1) is 19.7. The van der Waals surface area contributed by atoms with Gasteiger partial charge in [-0.15, -0.1) is 0 Å². The molecule has 0 aromatic rings. The van der Waals surface area contributed by atoms with Gasteiger partial charge in [-0.3, -0.25) is 8.97 Å². The Labute approximate surface area is 286 Å². The van der Waals surface area contributed by atoms with E-state index in [1.165, 1.54) is 27.7 Å². The molecule has 0 aromatic carbocycles. The maximum Gasteiger partial charge on any atom is 2.00 e. The van der Waals surface area contributed by atoms with E-state index in [1.54, 1.807) is 0 Å². The summed E-state index contributed by atoms with van der Waals surface area (Å²) < 4.78 is -0.869.